The van der Waals surface area contributed by atoms with Crippen molar-refractivity contribution in [3.8, 4) is 0 Å². The quantitative estimate of drug-likeness (QED) is 0.429. The highest BCUT2D eigenvalue weighted by atomic mass is 15.1. The Bertz CT molecular complexity index is 967. The number of hydrogen-bond acceptors (Lipinski definition) is 1. The van der Waals surface area contributed by atoms with E-state index < -0.39 is 0 Å². The summed E-state index contributed by atoms with van der Waals surface area (Å²) in [5, 5.41) is 7.91. The SMILES string of the molecule is CN(C)c1cc2c3ccccc3ccc2c2ccccc12. The van der Waals surface area contributed by atoms with Crippen LogP contribution in [0.25, 0.3) is 32.3 Å². The lowest BCUT2D eigenvalue weighted by Crippen LogP contribution is -2.09. The molecule has 0 saturated heterocycles. The van der Waals surface area contributed by atoms with Crippen LogP contribution in [-0.4, -0.2) is 14.1 Å². The zero-order chi connectivity index (χ0) is 14.4. The molecule has 1 heteroatoms. The molecular formula is C20H17N. The highest BCUT2D eigenvalue weighted by molar-refractivity contribution is 6.20. The predicted octanol–water partition coefficient (Wildman–Crippen LogP) is 5.21. The van der Waals surface area contributed by atoms with Crippen molar-refractivity contribution in [2.75, 3.05) is 19.0 Å². The molecule has 0 unspecified atom stereocenters. The van der Waals surface area contributed by atoms with Crippen molar-refractivity contribution < 1.29 is 0 Å². The summed E-state index contributed by atoms with van der Waals surface area (Å²) >= 11 is 0. The summed E-state index contributed by atoms with van der Waals surface area (Å²) in [4.78, 5) is 2.20. The van der Waals surface area contributed by atoms with Crippen LogP contribution in [0.5, 0.6) is 0 Å². The Kier molecular flexibility index (Phi) is 2.61. The second-order valence-electron chi connectivity index (χ2n) is 5.72. The van der Waals surface area contributed by atoms with Crippen LogP contribution >= 0.6 is 0 Å². The fraction of sp³-hybridized carbons (Fsp3) is 0.100. The van der Waals surface area contributed by atoms with E-state index in [0.717, 1.165) is 0 Å². The van der Waals surface area contributed by atoms with Crippen molar-refractivity contribution in [1.82, 2.24) is 0 Å². The van der Waals surface area contributed by atoms with Crippen molar-refractivity contribution in [1.29, 1.82) is 0 Å². The zero-order valence-electron chi connectivity index (χ0n) is 12.3. The Hall–Kier alpha value is -2.54. The Morgan fingerprint density at radius 2 is 1.19 bits per heavy atom. The monoisotopic (exact) mass is 271 g/mol. The molecule has 0 heterocycles. The first-order valence-corrected chi connectivity index (χ1v) is 7.26. The molecule has 0 aliphatic carbocycles. The summed E-state index contributed by atoms with van der Waals surface area (Å²) in [6.07, 6.45) is 0. The first-order valence-electron chi connectivity index (χ1n) is 7.26. The fourth-order valence-electron chi connectivity index (χ4n) is 3.21. The molecule has 0 amide bonds. The predicted molar refractivity (Wildman–Crippen MR) is 93.3 cm³/mol. The molecule has 0 aliphatic rings. The van der Waals surface area contributed by atoms with Crippen molar-refractivity contribution in [3.63, 3.8) is 0 Å². The molecule has 102 valence electrons. The third kappa shape index (κ3) is 1.78. The second kappa shape index (κ2) is 4.49. The van der Waals surface area contributed by atoms with E-state index in [4.69, 9.17) is 0 Å². The summed E-state index contributed by atoms with van der Waals surface area (Å²) < 4.78 is 0. The van der Waals surface area contributed by atoms with Gasteiger partial charge >= 0.3 is 0 Å². The number of fused-ring (bicyclic) bond motifs is 5. The summed E-state index contributed by atoms with van der Waals surface area (Å²) in [6, 6.07) is 24.1. The minimum atomic E-state index is 1.27. The summed E-state index contributed by atoms with van der Waals surface area (Å²) in [5.41, 5.74) is 1.27. The molecule has 0 N–H and O–H groups in total. The van der Waals surface area contributed by atoms with Crippen LogP contribution in [0.2, 0.25) is 0 Å². The van der Waals surface area contributed by atoms with Crippen LogP contribution < -0.4 is 4.90 Å². The van der Waals surface area contributed by atoms with Crippen LogP contribution in [-0.2, 0) is 0 Å². The van der Waals surface area contributed by atoms with Crippen molar-refractivity contribution in [2.45, 2.75) is 0 Å². The summed E-state index contributed by atoms with van der Waals surface area (Å²) in [5.74, 6) is 0. The van der Waals surface area contributed by atoms with Crippen molar-refractivity contribution >= 4 is 38.0 Å². The van der Waals surface area contributed by atoms with Crippen LogP contribution in [0.1, 0.15) is 0 Å². The Labute approximate surface area is 124 Å². The smallest absolute Gasteiger partial charge is 0.0447 e. The molecule has 21 heavy (non-hydrogen) atoms. The highest BCUT2D eigenvalue weighted by Crippen LogP contribution is 2.36. The Morgan fingerprint density at radius 3 is 1.95 bits per heavy atom. The van der Waals surface area contributed by atoms with Gasteiger partial charge in [0.2, 0.25) is 0 Å². The van der Waals surface area contributed by atoms with E-state index in [1.165, 1.54) is 38.0 Å². The average molecular weight is 271 g/mol. The lowest BCUT2D eigenvalue weighted by atomic mass is 9.95. The lowest BCUT2D eigenvalue weighted by Gasteiger charge is -2.18. The number of nitrogens with zero attached hydrogens (tertiary/aromatic N) is 1. The van der Waals surface area contributed by atoms with Crippen LogP contribution in [0, 0.1) is 0 Å². The molecule has 0 saturated carbocycles. The minimum Gasteiger partial charge on any atom is -0.377 e. The first kappa shape index (κ1) is 12.2. The molecule has 0 aliphatic heterocycles. The first-order chi connectivity index (χ1) is 10.3. The Morgan fingerprint density at radius 1 is 0.571 bits per heavy atom. The van der Waals surface area contributed by atoms with E-state index in [-0.39, 0.29) is 0 Å². The van der Waals surface area contributed by atoms with Crippen LogP contribution in [0.15, 0.2) is 66.7 Å². The van der Waals surface area contributed by atoms with Gasteiger partial charge in [0.25, 0.3) is 0 Å². The molecule has 0 atom stereocenters. The van der Waals surface area contributed by atoms with Gasteiger partial charge in [-0.1, -0.05) is 60.7 Å². The third-order valence-electron chi connectivity index (χ3n) is 4.23. The van der Waals surface area contributed by atoms with E-state index in [1.54, 1.807) is 0 Å². The van der Waals surface area contributed by atoms with Gasteiger partial charge in [-0.15, -0.1) is 0 Å². The van der Waals surface area contributed by atoms with Gasteiger partial charge in [-0.3, -0.25) is 0 Å². The number of anilines is 1. The van der Waals surface area contributed by atoms with Gasteiger partial charge in [-0.05, 0) is 33.0 Å². The number of benzene rings is 4. The van der Waals surface area contributed by atoms with Gasteiger partial charge in [-0.25, -0.2) is 0 Å². The molecule has 0 radical (unpaired) electrons. The van der Waals surface area contributed by atoms with Gasteiger partial charge in [0.1, 0.15) is 0 Å². The summed E-state index contributed by atoms with van der Waals surface area (Å²) in [6.45, 7) is 0. The summed E-state index contributed by atoms with van der Waals surface area (Å²) in [7, 11) is 4.22. The maximum atomic E-state index is 2.32. The largest absolute Gasteiger partial charge is 0.377 e. The van der Waals surface area contributed by atoms with E-state index in [2.05, 4.69) is 85.7 Å². The van der Waals surface area contributed by atoms with Crippen molar-refractivity contribution in [3.05, 3.63) is 66.7 Å². The molecular weight excluding hydrogens is 254 g/mol. The fourth-order valence-corrected chi connectivity index (χ4v) is 3.21. The lowest BCUT2D eigenvalue weighted by molar-refractivity contribution is 1.15. The van der Waals surface area contributed by atoms with Gasteiger partial charge < -0.3 is 4.90 Å². The van der Waals surface area contributed by atoms with Crippen molar-refractivity contribution in [2.24, 2.45) is 0 Å². The molecule has 0 spiro atoms. The third-order valence-corrected chi connectivity index (χ3v) is 4.23. The molecule has 0 fully saturated rings. The molecule has 1 nitrogen and oxygen atoms in total. The molecule has 4 rings (SSSR count). The maximum Gasteiger partial charge on any atom is 0.0447 e. The highest BCUT2D eigenvalue weighted by Gasteiger charge is 2.09. The number of rotatable bonds is 1. The standard InChI is InChI=1S/C20H17N/c1-21(2)20-13-19-15-8-4-3-7-14(15)11-12-17(19)16-9-5-6-10-18(16)20/h3-13H,1-2H3. The number of hydrogen-bond donors (Lipinski definition) is 0. The zero-order valence-corrected chi connectivity index (χ0v) is 12.3. The molecule has 0 aromatic heterocycles. The van der Waals surface area contributed by atoms with E-state index >= 15 is 0 Å². The molecule has 4 aromatic carbocycles. The average Bonchev–Trinajstić information content (AvgIpc) is 2.53. The second-order valence-corrected chi connectivity index (χ2v) is 5.72. The van der Waals surface area contributed by atoms with E-state index in [0.29, 0.717) is 0 Å². The van der Waals surface area contributed by atoms with Gasteiger partial charge in [0, 0.05) is 25.2 Å². The maximum absolute atomic E-state index is 2.32. The van der Waals surface area contributed by atoms with E-state index in [9.17, 15) is 0 Å². The van der Waals surface area contributed by atoms with E-state index in [1.807, 2.05) is 0 Å². The van der Waals surface area contributed by atoms with Gasteiger partial charge in [0.05, 0.1) is 0 Å². The molecule has 0 bridgehead atoms. The Balaban J connectivity index is 2.29. The molecule has 4 aromatic rings. The van der Waals surface area contributed by atoms with Crippen LogP contribution in [0.4, 0.5) is 5.69 Å². The minimum absolute atomic E-state index is 1.27. The van der Waals surface area contributed by atoms with Gasteiger partial charge in [0.15, 0.2) is 0 Å². The van der Waals surface area contributed by atoms with Crippen LogP contribution in [0.3, 0.4) is 0 Å². The normalized spacial score (nSPS) is 11.3. The topological polar surface area (TPSA) is 3.24 Å². The van der Waals surface area contributed by atoms with Gasteiger partial charge in [-0.2, -0.15) is 0 Å².